The molecular weight excluding hydrogens is 302 g/mol. The quantitative estimate of drug-likeness (QED) is 0.772. The van der Waals surface area contributed by atoms with Gasteiger partial charge in [0.05, 0.1) is 11.9 Å². The second-order valence-corrected chi connectivity index (χ2v) is 5.07. The normalized spacial score (nSPS) is 10.0. The lowest BCUT2D eigenvalue weighted by atomic mass is 10.2. The van der Waals surface area contributed by atoms with Gasteiger partial charge in [-0.3, -0.25) is 9.59 Å². The van der Waals surface area contributed by atoms with E-state index < -0.39 is 0 Å². The molecule has 0 unspecified atom stereocenters. The van der Waals surface area contributed by atoms with Crippen molar-refractivity contribution in [1.82, 2.24) is 4.98 Å². The maximum absolute atomic E-state index is 12.1. The van der Waals surface area contributed by atoms with Gasteiger partial charge in [-0.05, 0) is 36.4 Å². The average molecular weight is 317 g/mol. The number of nitrogens with zero attached hydrogens (tertiary/aromatic N) is 1. The van der Waals surface area contributed by atoms with E-state index in [0.717, 1.165) is 0 Å². The fourth-order valence-corrected chi connectivity index (χ4v) is 2.11. The summed E-state index contributed by atoms with van der Waals surface area (Å²) in [4.78, 5) is 28.2. The van der Waals surface area contributed by atoms with Gasteiger partial charge in [-0.15, -0.1) is 0 Å². The number of rotatable bonds is 4. The highest BCUT2D eigenvalue weighted by Crippen LogP contribution is 2.12. The largest absolute Gasteiger partial charge is 0.321 e. The van der Waals surface area contributed by atoms with Gasteiger partial charge in [0, 0.05) is 11.1 Å². The van der Waals surface area contributed by atoms with Crippen LogP contribution in [0.5, 0.6) is 0 Å². The van der Waals surface area contributed by atoms with Crippen LogP contribution in [0.2, 0.25) is 0 Å². The third-order valence-corrected chi connectivity index (χ3v) is 3.33. The van der Waals surface area contributed by atoms with E-state index in [1.54, 1.807) is 60.7 Å². The van der Waals surface area contributed by atoms with Crippen LogP contribution < -0.4 is 10.6 Å². The molecule has 0 atom stereocenters. The molecular formula is C19H15N3O2. The molecule has 2 amide bonds. The zero-order valence-electron chi connectivity index (χ0n) is 12.8. The van der Waals surface area contributed by atoms with E-state index in [4.69, 9.17) is 0 Å². The van der Waals surface area contributed by atoms with E-state index in [9.17, 15) is 9.59 Å². The highest BCUT2D eigenvalue weighted by Gasteiger charge is 2.08. The van der Waals surface area contributed by atoms with Crippen molar-refractivity contribution in [2.24, 2.45) is 0 Å². The highest BCUT2D eigenvalue weighted by molar-refractivity contribution is 6.05. The zero-order valence-corrected chi connectivity index (χ0v) is 12.8. The Bertz CT molecular complexity index is 759. The molecule has 1 heterocycles. The molecule has 0 bridgehead atoms. The number of benzene rings is 2. The maximum Gasteiger partial charge on any atom is 0.256 e. The predicted octanol–water partition coefficient (Wildman–Crippen LogP) is 3.59. The van der Waals surface area contributed by atoms with Gasteiger partial charge in [0.25, 0.3) is 11.8 Å². The van der Waals surface area contributed by atoms with Gasteiger partial charge in [-0.1, -0.05) is 36.4 Å². The van der Waals surface area contributed by atoms with Gasteiger partial charge in [0.1, 0.15) is 5.82 Å². The van der Waals surface area contributed by atoms with E-state index in [2.05, 4.69) is 15.6 Å². The van der Waals surface area contributed by atoms with Crippen LogP contribution in [0.4, 0.5) is 11.5 Å². The van der Waals surface area contributed by atoms with Crippen molar-refractivity contribution in [1.29, 1.82) is 0 Å². The van der Waals surface area contributed by atoms with E-state index >= 15 is 0 Å². The van der Waals surface area contributed by atoms with Crippen molar-refractivity contribution < 1.29 is 9.59 Å². The minimum absolute atomic E-state index is 0.210. The smallest absolute Gasteiger partial charge is 0.256 e. The van der Waals surface area contributed by atoms with Crippen molar-refractivity contribution in [3.8, 4) is 0 Å². The van der Waals surface area contributed by atoms with Crippen LogP contribution in [0.1, 0.15) is 20.7 Å². The second kappa shape index (κ2) is 7.19. The zero-order chi connectivity index (χ0) is 16.8. The molecule has 1 aromatic heterocycles. The minimum Gasteiger partial charge on any atom is -0.321 e. The van der Waals surface area contributed by atoms with Crippen molar-refractivity contribution in [2.45, 2.75) is 0 Å². The van der Waals surface area contributed by atoms with Crippen LogP contribution in [-0.2, 0) is 0 Å². The average Bonchev–Trinajstić information content (AvgIpc) is 2.65. The van der Waals surface area contributed by atoms with Crippen LogP contribution in [0.3, 0.4) is 0 Å². The number of nitrogens with one attached hydrogen (secondary N) is 2. The summed E-state index contributed by atoms with van der Waals surface area (Å²) in [6.07, 6.45) is 1.50. The summed E-state index contributed by atoms with van der Waals surface area (Å²) >= 11 is 0. The number of carbonyl (C=O) groups is 2. The Morgan fingerprint density at radius 1 is 0.667 bits per heavy atom. The molecule has 0 aliphatic rings. The predicted molar refractivity (Wildman–Crippen MR) is 93.0 cm³/mol. The van der Waals surface area contributed by atoms with Crippen molar-refractivity contribution in [3.05, 3.63) is 90.1 Å². The van der Waals surface area contributed by atoms with Gasteiger partial charge in [-0.25, -0.2) is 4.98 Å². The standard InChI is InChI=1S/C19H15N3O2/c23-18(14-7-3-1-4-8-14)21-16-11-12-17(20-13-16)22-19(24)15-9-5-2-6-10-15/h1-13H,(H,21,23)(H,20,22,24). The highest BCUT2D eigenvalue weighted by atomic mass is 16.2. The number of anilines is 2. The minimum atomic E-state index is -0.232. The van der Waals surface area contributed by atoms with E-state index in [1.807, 2.05) is 12.1 Å². The first-order valence-electron chi connectivity index (χ1n) is 7.41. The number of aromatic nitrogens is 1. The lowest BCUT2D eigenvalue weighted by molar-refractivity contribution is 0.101. The summed E-state index contributed by atoms with van der Waals surface area (Å²) in [6.45, 7) is 0. The molecule has 118 valence electrons. The monoisotopic (exact) mass is 317 g/mol. The van der Waals surface area contributed by atoms with Gasteiger partial charge < -0.3 is 10.6 Å². The summed E-state index contributed by atoms with van der Waals surface area (Å²) < 4.78 is 0. The molecule has 0 aliphatic heterocycles. The summed E-state index contributed by atoms with van der Waals surface area (Å²) in [5.41, 5.74) is 1.68. The molecule has 2 N–H and O–H groups in total. The molecule has 0 radical (unpaired) electrons. The molecule has 3 aromatic rings. The lowest BCUT2D eigenvalue weighted by Gasteiger charge is -2.07. The Balaban J connectivity index is 1.63. The SMILES string of the molecule is O=C(Nc1ccc(NC(=O)c2ccccc2)nc1)c1ccccc1. The molecule has 0 fully saturated rings. The van der Waals surface area contributed by atoms with Crippen LogP contribution in [0.25, 0.3) is 0 Å². The molecule has 0 saturated heterocycles. The summed E-state index contributed by atoms with van der Waals surface area (Å²) in [5, 5.41) is 5.46. The fraction of sp³-hybridized carbons (Fsp3) is 0. The van der Waals surface area contributed by atoms with Crippen LogP contribution >= 0.6 is 0 Å². The number of amides is 2. The first kappa shape index (κ1) is 15.4. The van der Waals surface area contributed by atoms with Crippen molar-refractivity contribution >= 4 is 23.3 Å². The Morgan fingerprint density at radius 3 is 1.71 bits per heavy atom. The number of pyridine rings is 1. The molecule has 0 spiro atoms. The number of carbonyl (C=O) groups excluding carboxylic acids is 2. The van der Waals surface area contributed by atoms with Crippen LogP contribution in [-0.4, -0.2) is 16.8 Å². The van der Waals surface area contributed by atoms with Crippen molar-refractivity contribution in [2.75, 3.05) is 10.6 Å². The van der Waals surface area contributed by atoms with Gasteiger partial charge in [0.2, 0.25) is 0 Å². The molecule has 3 rings (SSSR count). The molecule has 2 aromatic carbocycles. The first-order valence-corrected chi connectivity index (χ1v) is 7.41. The third kappa shape index (κ3) is 3.84. The summed E-state index contributed by atoms with van der Waals surface area (Å²) in [5.74, 6) is -0.0239. The van der Waals surface area contributed by atoms with Gasteiger partial charge in [0.15, 0.2) is 0 Å². The van der Waals surface area contributed by atoms with Gasteiger partial charge in [-0.2, -0.15) is 0 Å². The van der Waals surface area contributed by atoms with E-state index in [-0.39, 0.29) is 11.8 Å². The number of hydrogen-bond donors (Lipinski definition) is 2. The van der Waals surface area contributed by atoms with E-state index in [0.29, 0.717) is 22.6 Å². The molecule has 5 nitrogen and oxygen atoms in total. The topological polar surface area (TPSA) is 71.1 Å². The maximum atomic E-state index is 12.1. The molecule has 5 heteroatoms. The Labute approximate surface area is 139 Å². The van der Waals surface area contributed by atoms with E-state index in [1.165, 1.54) is 6.20 Å². The summed E-state index contributed by atoms with van der Waals surface area (Å²) in [6, 6.07) is 21.1. The third-order valence-electron chi connectivity index (χ3n) is 3.33. The molecule has 0 aliphatic carbocycles. The van der Waals surface area contributed by atoms with Crippen LogP contribution in [0, 0.1) is 0 Å². The Kier molecular flexibility index (Phi) is 4.62. The molecule has 24 heavy (non-hydrogen) atoms. The van der Waals surface area contributed by atoms with Crippen molar-refractivity contribution in [3.63, 3.8) is 0 Å². The Hall–Kier alpha value is -3.47. The fourth-order valence-electron chi connectivity index (χ4n) is 2.11. The number of hydrogen-bond acceptors (Lipinski definition) is 3. The molecule has 0 saturated carbocycles. The first-order chi connectivity index (χ1) is 11.7. The van der Waals surface area contributed by atoms with Crippen LogP contribution in [0.15, 0.2) is 79.0 Å². The lowest BCUT2D eigenvalue weighted by Crippen LogP contribution is -2.14. The Morgan fingerprint density at radius 2 is 1.21 bits per heavy atom. The second-order valence-electron chi connectivity index (χ2n) is 5.07. The summed E-state index contributed by atoms with van der Waals surface area (Å²) in [7, 11) is 0. The van der Waals surface area contributed by atoms with Gasteiger partial charge >= 0.3 is 0 Å².